The lowest BCUT2D eigenvalue weighted by Gasteiger charge is -2.43. The number of rotatable bonds is 16. The minimum atomic E-state index is -1.87. The molecule has 0 spiro atoms. The van der Waals surface area contributed by atoms with Crippen molar-refractivity contribution in [2.45, 2.75) is 30.7 Å². The Balaban J connectivity index is 1.43. The topological polar surface area (TPSA) is 187 Å². The predicted octanol–water partition coefficient (Wildman–Crippen LogP) is 6.15. The van der Waals surface area contributed by atoms with Crippen LogP contribution >= 0.6 is 0 Å². The smallest absolute Gasteiger partial charge is 0.340 e. The SMILES string of the molecule is COc1ccc(C(=O)OC[C@H]2O[C@@H](OC(=O)c3ccc(OC)cc3)[C@H](OC(=O)c3ccc(OC)cc3)[C@@H](OC(=O)c3ccc(OC)cc3)[C@@H]2OC(=O)c2ccc(OC)cc2)cc1. The van der Waals surface area contributed by atoms with E-state index in [2.05, 4.69) is 0 Å². The first-order chi connectivity index (χ1) is 30.0. The van der Waals surface area contributed by atoms with Gasteiger partial charge in [-0.3, -0.25) is 0 Å². The Hall–Kier alpha value is -7.59. The van der Waals surface area contributed by atoms with Crippen LogP contribution in [0.25, 0.3) is 0 Å². The van der Waals surface area contributed by atoms with E-state index in [4.69, 9.17) is 52.1 Å². The highest BCUT2D eigenvalue weighted by Crippen LogP contribution is 2.33. The summed E-state index contributed by atoms with van der Waals surface area (Å²) in [6.45, 7) is -0.655. The minimum Gasteiger partial charge on any atom is -0.497 e. The molecule has 0 bridgehead atoms. The van der Waals surface area contributed by atoms with Gasteiger partial charge in [0.2, 0.25) is 12.4 Å². The molecule has 0 N–H and O–H groups in total. The maximum atomic E-state index is 14.0. The summed E-state index contributed by atoms with van der Waals surface area (Å²) < 4.78 is 62.1. The number of ether oxygens (including phenoxy) is 11. The molecule has 0 aliphatic carbocycles. The van der Waals surface area contributed by atoms with Gasteiger partial charge < -0.3 is 52.1 Å². The van der Waals surface area contributed by atoms with Gasteiger partial charge in [0.15, 0.2) is 12.2 Å². The van der Waals surface area contributed by atoms with Gasteiger partial charge in [-0.1, -0.05) is 0 Å². The molecule has 5 atom stereocenters. The molecule has 322 valence electrons. The fourth-order valence-corrected chi connectivity index (χ4v) is 6.13. The van der Waals surface area contributed by atoms with E-state index in [9.17, 15) is 24.0 Å². The van der Waals surface area contributed by atoms with Gasteiger partial charge >= 0.3 is 29.8 Å². The summed E-state index contributed by atoms with van der Waals surface area (Å²) >= 11 is 0. The lowest BCUT2D eigenvalue weighted by atomic mass is 9.97. The number of carbonyl (C=O) groups excluding carboxylic acids is 5. The zero-order chi connectivity index (χ0) is 44.2. The second-order valence-corrected chi connectivity index (χ2v) is 13.3. The van der Waals surface area contributed by atoms with E-state index in [1.54, 1.807) is 12.1 Å². The summed E-state index contributed by atoms with van der Waals surface area (Å²) in [4.78, 5) is 69.1. The number of methoxy groups -OCH3 is 5. The Bertz CT molecular complexity index is 2310. The summed E-state index contributed by atoms with van der Waals surface area (Å²) in [6.07, 6.45) is -8.71. The number of carbonyl (C=O) groups is 5. The van der Waals surface area contributed by atoms with Crippen molar-refractivity contribution in [2.75, 3.05) is 42.2 Å². The highest BCUT2D eigenvalue weighted by atomic mass is 16.7. The number of hydrogen-bond donors (Lipinski definition) is 0. The first kappa shape index (κ1) is 44.0. The van der Waals surface area contributed by atoms with E-state index >= 15 is 0 Å². The van der Waals surface area contributed by atoms with Gasteiger partial charge in [-0.15, -0.1) is 0 Å². The molecule has 5 aromatic carbocycles. The molecular formula is C46H42O16. The molecule has 16 nitrogen and oxygen atoms in total. The zero-order valence-corrected chi connectivity index (χ0v) is 34.2. The maximum Gasteiger partial charge on any atom is 0.340 e. The van der Waals surface area contributed by atoms with Crippen molar-refractivity contribution in [3.63, 3.8) is 0 Å². The Kier molecular flexibility index (Phi) is 14.6. The Morgan fingerprint density at radius 2 is 0.645 bits per heavy atom. The fraction of sp³-hybridized carbons (Fsp3) is 0.239. The van der Waals surface area contributed by atoms with Crippen LogP contribution in [-0.2, 0) is 28.4 Å². The Morgan fingerprint density at radius 1 is 0.371 bits per heavy atom. The molecule has 1 fully saturated rings. The molecule has 0 saturated carbocycles. The van der Waals surface area contributed by atoms with Crippen molar-refractivity contribution in [3.8, 4) is 28.7 Å². The van der Waals surface area contributed by atoms with Gasteiger partial charge in [0.25, 0.3) is 0 Å². The van der Waals surface area contributed by atoms with E-state index in [-0.39, 0.29) is 27.8 Å². The van der Waals surface area contributed by atoms with Gasteiger partial charge in [0.1, 0.15) is 41.5 Å². The van der Waals surface area contributed by atoms with Crippen LogP contribution in [0.4, 0.5) is 0 Å². The number of hydrogen-bond acceptors (Lipinski definition) is 16. The molecule has 5 aromatic rings. The van der Waals surface area contributed by atoms with Crippen molar-refractivity contribution >= 4 is 29.8 Å². The molecular weight excluding hydrogens is 808 g/mol. The molecule has 1 aliphatic heterocycles. The van der Waals surface area contributed by atoms with Crippen LogP contribution < -0.4 is 23.7 Å². The fourth-order valence-electron chi connectivity index (χ4n) is 6.13. The van der Waals surface area contributed by atoms with Crippen molar-refractivity contribution < 1.29 is 76.1 Å². The van der Waals surface area contributed by atoms with E-state index in [0.29, 0.717) is 28.7 Å². The van der Waals surface area contributed by atoms with Crippen LogP contribution in [0, 0.1) is 0 Å². The van der Waals surface area contributed by atoms with Gasteiger partial charge in [0.05, 0.1) is 63.4 Å². The van der Waals surface area contributed by atoms with Gasteiger partial charge in [-0.2, -0.15) is 0 Å². The first-order valence-corrected chi connectivity index (χ1v) is 18.9. The quantitative estimate of drug-likeness (QED) is 0.0813. The van der Waals surface area contributed by atoms with E-state index in [1.807, 2.05) is 0 Å². The van der Waals surface area contributed by atoms with Crippen LogP contribution in [0.5, 0.6) is 28.7 Å². The molecule has 0 aromatic heterocycles. The first-order valence-electron chi connectivity index (χ1n) is 18.9. The lowest BCUT2D eigenvalue weighted by Crippen LogP contribution is -2.63. The molecule has 0 unspecified atom stereocenters. The zero-order valence-electron chi connectivity index (χ0n) is 34.2. The van der Waals surface area contributed by atoms with Crippen LogP contribution in [0.3, 0.4) is 0 Å². The van der Waals surface area contributed by atoms with Crippen molar-refractivity contribution in [3.05, 3.63) is 149 Å². The lowest BCUT2D eigenvalue weighted by molar-refractivity contribution is -0.282. The van der Waals surface area contributed by atoms with Gasteiger partial charge in [-0.25, -0.2) is 24.0 Å². The third-order valence-corrected chi connectivity index (χ3v) is 9.55. The third kappa shape index (κ3) is 10.8. The second-order valence-electron chi connectivity index (χ2n) is 13.3. The normalized spacial score (nSPS) is 17.9. The van der Waals surface area contributed by atoms with Gasteiger partial charge in [-0.05, 0) is 121 Å². The molecule has 6 rings (SSSR count). The number of benzene rings is 5. The Labute approximate surface area is 356 Å². The van der Waals surface area contributed by atoms with E-state index in [0.717, 1.165) is 0 Å². The standard InChI is InChI=1S/C46H42O16/c1-52-32-16-6-27(7-17-32)41(47)57-26-37-38(59-42(48)28-8-18-33(53-2)19-9-28)39(60-43(49)29-10-20-34(54-3)21-11-29)40(61-44(50)30-12-22-35(55-4)23-13-30)46(58-37)62-45(51)31-14-24-36(56-5)25-15-31/h6-25,37-40,46H,26H2,1-5H3/t37-,38-,39+,40-,46+/m1/s1. The van der Waals surface area contributed by atoms with E-state index < -0.39 is 67.2 Å². The summed E-state index contributed by atoms with van der Waals surface area (Å²) in [5, 5.41) is 0. The van der Waals surface area contributed by atoms with Crippen LogP contribution in [0.1, 0.15) is 51.8 Å². The largest absolute Gasteiger partial charge is 0.497 e. The van der Waals surface area contributed by atoms with Crippen LogP contribution in [0.2, 0.25) is 0 Å². The van der Waals surface area contributed by atoms with E-state index in [1.165, 1.54) is 145 Å². The molecule has 0 radical (unpaired) electrons. The monoisotopic (exact) mass is 850 g/mol. The summed E-state index contributed by atoms with van der Waals surface area (Å²) in [5.41, 5.74) is 0.252. The molecule has 62 heavy (non-hydrogen) atoms. The number of esters is 5. The Morgan fingerprint density at radius 3 is 0.968 bits per heavy atom. The highest BCUT2D eigenvalue weighted by Gasteiger charge is 2.55. The molecule has 16 heteroatoms. The van der Waals surface area contributed by atoms with Crippen LogP contribution in [0.15, 0.2) is 121 Å². The second kappa shape index (κ2) is 20.6. The summed E-state index contributed by atoms with van der Waals surface area (Å²) in [7, 11) is 7.29. The van der Waals surface area contributed by atoms with Crippen molar-refractivity contribution in [2.24, 2.45) is 0 Å². The molecule has 0 amide bonds. The summed E-state index contributed by atoms with van der Waals surface area (Å²) in [5.74, 6) is -2.38. The minimum absolute atomic E-state index is 0.0204. The summed E-state index contributed by atoms with van der Waals surface area (Å²) in [6, 6.07) is 29.6. The molecule has 1 aliphatic rings. The molecule has 1 saturated heterocycles. The highest BCUT2D eigenvalue weighted by molar-refractivity contribution is 5.92. The average molecular weight is 851 g/mol. The van der Waals surface area contributed by atoms with Crippen LogP contribution in [-0.4, -0.2) is 103 Å². The molecule has 1 heterocycles. The maximum absolute atomic E-state index is 14.0. The average Bonchev–Trinajstić information content (AvgIpc) is 3.32. The van der Waals surface area contributed by atoms with Crippen molar-refractivity contribution in [1.82, 2.24) is 0 Å². The predicted molar refractivity (Wildman–Crippen MR) is 217 cm³/mol. The van der Waals surface area contributed by atoms with Gasteiger partial charge in [0, 0.05) is 0 Å². The third-order valence-electron chi connectivity index (χ3n) is 9.55. The van der Waals surface area contributed by atoms with Crippen molar-refractivity contribution in [1.29, 1.82) is 0 Å².